The van der Waals surface area contributed by atoms with Crippen molar-refractivity contribution < 1.29 is 4.39 Å². The number of rotatable bonds is 3. The van der Waals surface area contributed by atoms with E-state index < -0.39 is 5.82 Å². The fraction of sp³-hybridized carbons (Fsp3) is 0.154. The number of benzene rings is 3. The first-order valence-electron chi connectivity index (χ1n) is 10.7. The molecule has 0 saturated heterocycles. The Kier molecular flexibility index (Phi) is 5.18. The van der Waals surface area contributed by atoms with Crippen LogP contribution in [0, 0.1) is 19.3 Å². The molecule has 0 saturated carbocycles. The maximum absolute atomic E-state index is 15.8. The van der Waals surface area contributed by atoms with E-state index in [0.29, 0.717) is 33.8 Å². The molecule has 0 aliphatic rings. The Morgan fingerprint density at radius 1 is 1.21 bits per heavy atom. The van der Waals surface area contributed by atoms with Gasteiger partial charge in [0.15, 0.2) is 0 Å². The van der Waals surface area contributed by atoms with Crippen LogP contribution in [-0.4, -0.2) is 20.0 Å². The quantitative estimate of drug-likeness (QED) is 0.311. The van der Waals surface area contributed by atoms with Crippen LogP contribution in [0.2, 0.25) is 5.02 Å². The summed E-state index contributed by atoms with van der Waals surface area (Å²) in [6, 6.07) is 10.8. The van der Waals surface area contributed by atoms with Crippen molar-refractivity contribution in [3.8, 4) is 22.4 Å². The van der Waals surface area contributed by atoms with Crippen molar-refractivity contribution in [1.29, 1.82) is 0 Å². The van der Waals surface area contributed by atoms with E-state index in [4.69, 9.17) is 18.2 Å². The summed E-state index contributed by atoms with van der Waals surface area (Å²) in [5.41, 5.74) is 3.35. The van der Waals surface area contributed by atoms with E-state index in [9.17, 15) is 4.79 Å². The molecule has 0 bridgehead atoms. The van der Waals surface area contributed by atoms with Gasteiger partial charge in [0, 0.05) is 23.6 Å². The third kappa shape index (κ3) is 3.11. The molecule has 2 aromatic heterocycles. The maximum atomic E-state index is 15.8. The number of aryl methyl sites for hydroxylation is 3. The highest BCUT2D eigenvalue weighted by Gasteiger charge is 2.25. The van der Waals surface area contributed by atoms with Gasteiger partial charge in [0.2, 0.25) is 5.69 Å². The van der Waals surface area contributed by atoms with Gasteiger partial charge in [0.05, 0.1) is 34.6 Å². The summed E-state index contributed by atoms with van der Waals surface area (Å²) < 4.78 is 17.3. The summed E-state index contributed by atoms with van der Waals surface area (Å²) in [4.78, 5) is 16.2. The molecule has 6 nitrogen and oxygen atoms in total. The SMILES string of the molecule is [C-]#[N+]c1c(-c2c(-c3cc(C)c4c(=O)[nH]nc(CC)c4c3)cnn2C)c(F)c(Cl)c2ccccc12. The highest BCUT2D eigenvalue weighted by Crippen LogP contribution is 2.46. The minimum Gasteiger partial charge on any atom is -0.268 e. The van der Waals surface area contributed by atoms with Crippen molar-refractivity contribution in [3.63, 3.8) is 0 Å². The summed E-state index contributed by atoms with van der Waals surface area (Å²) in [6.45, 7) is 11.7. The molecule has 0 atom stereocenters. The second-order valence-electron chi connectivity index (χ2n) is 8.11. The predicted octanol–water partition coefficient (Wildman–Crippen LogP) is 6.36. The van der Waals surface area contributed by atoms with Crippen molar-refractivity contribution in [3.05, 3.63) is 86.5 Å². The first-order valence-corrected chi connectivity index (χ1v) is 11.1. The highest BCUT2D eigenvalue weighted by molar-refractivity contribution is 6.37. The Labute approximate surface area is 199 Å². The maximum Gasteiger partial charge on any atom is 0.272 e. The van der Waals surface area contributed by atoms with Crippen molar-refractivity contribution in [2.75, 3.05) is 0 Å². The number of aromatic amines is 1. The summed E-state index contributed by atoms with van der Waals surface area (Å²) in [5.74, 6) is -0.666. The summed E-state index contributed by atoms with van der Waals surface area (Å²) in [7, 11) is 1.70. The normalized spacial score (nSPS) is 11.3. The Morgan fingerprint density at radius 3 is 2.65 bits per heavy atom. The summed E-state index contributed by atoms with van der Waals surface area (Å²) in [5, 5.41) is 13.5. The van der Waals surface area contributed by atoms with Crippen molar-refractivity contribution in [2.24, 2.45) is 7.05 Å². The number of hydrogen-bond acceptors (Lipinski definition) is 3. The van der Waals surface area contributed by atoms with Crippen LogP contribution in [0.1, 0.15) is 18.2 Å². The topological polar surface area (TPSA) is 67.9 Å². The van der Waals surface area contributed by atoms with Crippen LogP contribution >= 0.6 is 11.6 Å². The molecule has 1 N–H and O–H groups in total. The van der Waals surface area contributed by atoms with Gasteiger partial charge < -0.3 is 0 Å². The van der Waals surface area contributed by atoms with Crippen LogP contribution in [-0.2, 0) is 13.5 Å². The molecule has 3 aromatic carbocycles. The lowest BCUT2D eigenvalue weighted by molar-refractivity contribution is 0.631. The minimum absolute atomic E-state index is 0.0381. The van der Waals surface area contributed by atoms with Crippen LogP contribution in [0.15, 0.2) is 47.4 Å². The molecule has 0 spiro atoms. The molecule has 0 unspecified atom stereocenters. The van der Waals surface area contributed by atoms with Crippen LogP contribution < -0.4 is 5.56 Å². The Morgan fingerprint density at radius 2 is 1.94 bits per heavy atom. The van der Waals surface area contributed by atoms with Gasteiger partial charge in [0.25, 0.3) is 5.56 Å². The molecule has 5 aromatic rings. The zero-order valence-electron chi connectivity index (χ0n) is 18.7. The first-order chi connectivity index (χ1) is 16.4. The number of nitrogens with one attached hydrogen (secondary N) is 1. The molecular formula is C26H19ClFN5O. The van der Waals surface area contributed by atoms with E-state index in [-0.39, 0.29) is 21.8 Å². The highest BCUT2D eigenvalue weighted by atomic mass is 35.5. The smallest absolute Gasteiger partial charge is 0.268 e. The van der Waals surface area contributed by atoms with Gasteiger partial charge in [0.1, 0.15) is 5.82 Å². The van der Waals surface area contributed by atoms with Crippen molar-refractivity contribution in [1.82, 2.24) is 20.0 Å². The molecule has 8 heteroatoms. The average molecular weight is 472 g/mol. The van der Waals surface area contributed by atoms with Crippen LogP contribution in [0.4, 0.5) is 10.1 Å². The second kappa shape index (κ2) is 8.08. The summed E-state index contributed by atoms with van der Waals surface area (Å²) >= 11 is 6.43. The van der Waals surface area contributed by atoms with Gasteiger partial charge in [-0.15, -0.1) is 0 Å². The molecule has 0 radical (unpaired) electrons. The molecule has 0 aliphatic heterocycles. The standard InChI is InChI=1S/C26H19ClFN5O/c1-5-19-17-11-14(10-13(2)20(17)26(34)32-31-19)18-12-30-33(4)25(18)21-23(28)22(27)15-8-6-7-9-16(15)24(21)29-3/h6-12H,5H2,1-2,4H3,(H,32,34). The zero-order valence-corrected chi connectivity index (χ0v) is 19.5. The van der Waals surface area contributed by atoms with Crippen LogP contribution in [0.25, 0.3) is 48.8 Å². The number of nitrogens with zero attached hydrogens (tertiary/aromatic N) is 4. The number of hydrogen-bond donors (Lipinski definition) is 1. The number of fused-ring (bicyclic) bond motifs is 2. The van der Waals surface area contributed by atoms with E-state index in [1.807, 2.05) is 26.0 Å². The van der Waals surface area contributed by atoms with Gasteiger partial charge in [-0.25, -0.2) is 14.3 Å². The van der Waals surface area contributed by atoms with Crippen LogP contribution in [0.5, 0.6) is 0 Å². The lowest BCUT2D eigenvalue weighted by Crippen LogP contribution is -2.12. The van der Waals surface area contributed by atoms with Gasteiger partial charge in [-0.05, 0) is 41.3 Å². The molecule has 168 valence electrons. The van der Waals surface area contributed by atoms with Crippen molar-refractivity contribution >= 4 is 38.8 Å². The lowest BCUT2D eigenvalue weighted by atomic mass is 9.93. The average Bonchev–Trinajstić information content (AvgIpc) is 3.22. The largest absolute Gasteiger partial charge is 0.272 e. The van der Waals surface area contributed by atoms with Gasteiger partial charge >= 0.3 is 0 Å². The molecule has 5 rings (SSSR count). The fourth-order valence-corrected chi connectivity index (χ4v) is 4.86. The number of halogens is 2. The number of H-pyrrole nitrogens is 1. The molecule has 34 heavy (non-hydrogen) atoms. The Hall–Kier alpha value is -4.02. The van der Waals surface area contributed by atoms with E-state index in [1.54, 1.807) is 42.2 Å². The first kappa shape index (κ1) is 21.8. The van der Waals surface area contributed by atoms with Crippen LogP contribution in [0.3, 0.4) is 0 Å². The predicted molar refractivity (Wildman–Crippen MR) is 133 cm³/mol. The second-order valence-corrected chi connectivity index (χ2v) is 8.49. The van der Waals surface area contributed by atoms with Gasteiger partial charge in [-0.2, -0.15) is 10.2 Å². The lowest BCUT2D eigenvalue weighted by Gasteiger charge is -2.15. The Bertz CT molecular complexity index is 1730. The van der Waals surface area contributed by atoms with Gasteiger partial charge in [-0.3, -0.25) is 9.48 Å². The monoisotopic (exact) mass is 471 g/mol. The van der Waals surface area contributed by atoms with Crippen molar-refractivity contribution in [2.45, 2.75) is 20.3 Å². The van der Waals surface area contributed by atoms with Gasteiger partial charge in [-0.1, -0.05) is 48.9 Å². The zero-order chi connectivity index (χ0) is 24.1. The minimum atomic E-state index is -0.666. The van der Waals surface area contributed by atoms with E-state index in [2.05, 4.69) is 20.1 Å². The summed E-state index contributed by atoms with van der Waals surface area (Å²) in [6.07, 6.45) is 2.27. The van der Waals surface area contributed by atoms with E-state index in [0.717, 1.165) is 22.2 Å². The number of aromatic nitrogens is 4. The fourth-order valence-electron chi connectivity index (χ4n) is 4.60. The molecule has 2 heterocycles. The molecule has 0 aliphatic carbocycles. The third-order valence-corrected chi connectivity index (χ3v) is 6.54. The van der Waals surface area contributed by atoms with E-state index in [1.165, 1.54) is 0 Å². The molecular weight excluding hydrogens is 453 g/mol. The Balaban J connectivity index is 1.88. The molecule has 0 amide bonds. The third-order valence-electron chi connectivity index (χ3n) is 6.17. The molecule has 0 fully saturated rings. The van der Waals surface area contributed by atoms with E-state index >= 15 is 4.39 Å².